The van der Waals surface area contributed by atoms with Gasteiger partial charge in [0, 0.05) is 31.2 Å². The van der Waals surface area contributed by atoms with Crippen LogP contribution in [-0.2, 0) is 0 Å². The summed E-state index contributed by atoms with van der Waals surface area (Å²) in [6.45, 7) is 13.1. The van der Waals surface area contributed by atoms with Crippen LogP contribution in [0.1, 0.15) is 52.9 Å². The molecule has 1 N–H and O–H groups in total. The molecule has 0 aromatic heterocycles. The van der Waals surface area contributed by atoms with Gasteiger partial charge in [-0.1, -0.05) is 33.6 Å². The van der Waals surface area contributed by atoms with Crippen molar-refractivity contribution in [2.75, 3.05) is 39.3 Å². The average Bonchev–Trinajstić information content (AvgIpc) is 2.91. The van der Waals surface area contributed by atoms with E-state index in [4.69, 9.17) is 0 Å². The lowest BCUT2D eigenvalue weighted by Gasteiger charge is -2.41. The molecule has 1 heterocycles. The maximum atomic E-state index is 9.92. The SMILES string of the molecule is CCN(CC)C1CCN(CC2(CO)CCC(C)CC2)C1. The van der Waals surface area contributed by atoms with Crippen molar-refractivity contribution in [3.8, 4) is 0 Å². The summed E-state index contributed by atoms with van der Waals surface area (Å²) in [6.07, 6.45) is 6.34. The number of aliphatic hydroxyl groups is 1. The summed E-state index contributed by atoms with van der Waals surface area (Å²) >= 11 is 0. The first kappa shape index (κ1) is 16.3. The smallest absolute Gasteiger partial charge is 0.0499 e. The largest absolute Gasteiger partial charge is 0.396 e. The number of hydrogen-bond donors (Lipinski definition) is 1. The van der Waals surface area contributed by atoms with E-state index in [0.717, 1.165) is 31.6 Å². The number of aliphatic hydroxyl groups excluding tert-OH is 1. The topological polar surface area (TPSA) is 26.7 Å². The molecule has 1 saturated carbocycles. The third-order valence-electron chi connectivity index (χ3n) is 5.81. The second-order valence-corrected chi connectivity index (χ2v) is 7.24. The molecule has 1 saturated heterocycles. The van der Waals surface area contributed by atoms with Gasteiger partial charge < -0.3 is 10.0 Å². The predicted molar refractivity (Wildman–Crippen MR) is 84.9 cm³/mol. The van der Waals surface area contributed by atoms with Gasteiger partial charge in [0.05, 0.1) is 0 Å². The summed E-state index contributed by atoms with van der Waals surface area (Å²) in [7, 11) is 0. The molecule has 1 atom stereocenters. The molecule has 0 bridgehead atoms. The Labute approximate surface area is 125 Å². The molecule has 1 aliphatic carbocycles. The molecule has 3 nitrogen and oxygen atoms in total. The van der Waals surface area contributed by atoms with Gasteiger partial charge in [-0.2, -0.15) is 0 Å². The van der Waals surface area contributed by atoms with Gasteiger partial charge in [-0.25, -0.2) is 0 Å². The fraction of sp³-hybridized carbons (Fsp3) is 1.00. The number of hydrogen-bond acceptors (Lipinski definition) is 3. The second-order valence-electron chi connectivity index (χ2n) is 7.24. The van der Waals surface area contributed by atoms with E-state index in [1.807, 2.05) is 0 Å². The van der Waals surface area contributed by atoms with Crippen LogP contribution in [0.3, 0.4) is 0 Å². The van der Waals surface area contributed by atoms with Gasteiger partial charge in [0.25, 0.3) is 0 Å². The third kappa shape index (κ3) is 3.75. The van der Waals surface area contributed by atoms with E-state index in [1.165, 1.54) is 45.2 Å². The van der Waals surface area contributed by atoms with Crippen LogP contribution in [0.2, 0.25) is 0 Å². The van der Waals surface area contributed by atoms with Crippen LogP contribution in [0.5, 0.6) is 0 Å². The van der Waals surface area contributed by atoms with Crippen molar-refractivity contribution < 1.29 is 5.11 Å². The van der Waals surface area contributed by atoms with Gasteiger partial charge in [-0.05, 0) is 44.8 Å². The highest BCUT2D eigenvalue weighted by molar-refractivity contribution is 4.91. The Hall–Kier alpha value is -0.120. The van der Waals surface area contributed by atoms with Crippen molar-refractivity contribution in [2.45, 2.75) is 58.9 Å². The van der Waals surface area contributed by atoms with Gasteiger partial charge in [0.2, 0.25) is 0 Å². The predicted octanol–water partition coefficient (Wildman–Crippen LogP) is 2.59. The molecule has 20 heavy (non-hydrogen) atoms. The monoisotopic (exact) mass is 282 g/mol. The van der Waals surface area contributed by atoms with Crippen molar-refractivity contribution in [1.29, 1.82) is 0 Å². The molecule has 0 amide bonds. The van der Waals surface area contributed by atoms with Crippen LogP contribution in [0.15, 0.2) is 0 Å². The zero-order chi connectivity index (χ0) is 14.6. The van der Waals surface area contributed by atoms with Crippen LogP contribution in [0.25, 0.3) is 0 Å². The first-order chi connectivity index (χ1) is 9.62. The van der Waals surface area contributed by atoms with Crippen molar-refractivity contribution in [2.24, 2.45) is 11.3 Å². The Balaban J connectivity index is 1.87. The Morgan fingerprint density at radius 2 is 1.80 bits per heavy atom. The number of likely N-dealkylation sites (N-methyl/N-ethyl adjacent to an activating group) is 1. The lowest BCUT2D eigenvalue weighted by molar-refractivity contribution is 0.0339. The number of rotatable bonds is 6. The van der Waals surface area contributed by atoms with Crippen LogP contribution >= 0.6 is 0 Å². The van der Waals surface area contributed by atoms with E-state index in [2.05, 4.69) is 30.6 Å². The van der Waals surface area contributed by atoms with Crippen molar-refractivity contribution in [3.63, 3.8) is 0 Å². The highest BCUT2D eigenvalue weighted by Gasteiger charge is 2.37. The molecular weight excluding hydrogens is 248 g/mol. The van der Waals surface area contributed by atoms with Crippen LogP contribution < -0.4 is 0 Å². The van der Waals surface area contributed by atoms with Gasteiger partial charge in [0.15, 0.2) is 0 Å². The average molecular weight is 282 g/mol. The fourth-order valence-corrected chi connectivity index (χ4v) is 4.21. The molecule has 2 rings (SSSR count). The second kappa shape index (κ2) is 7.24. The fourth-order valence-electron chi connectivity index (χ4n) is 4.21. The molecule has 2 fully saturated rings. The van der Waals surface area contributed by atoms with Gasteiger partial charge in [-0.3, -0.25) is 4.90 Å². The van der Waals surface area contributed by atoms with Crippen molar-refractivity contribution in [3.05, 3.63) is 0 Å². The minimum atomic E-state index is 0.199. The zero-order valence-electron chi connectivity index (χ0n) is 13.8. The molecule has 1 aliphatic heterocycles. The normalized spacial score (nSPS) is 35.9. The van der Waals surface area contributed by atoms with E-state index < -0.39 is 0 Å². The maximum Gasteiger partial charge on any atom is 0.0499 e. The molecule has 0 spiro atoms. The molecule has 1 unspecified atom stereocenters. The Kier molecular flexibility index (Phi) is 5.88. The van der Waals surface area contributed by atoms with Crippen LogP contribution in [0, 0.1) is 11.3 Å². The third-order valence-corrected chi connectivity index (χ3v) is 5.81. The van der Waals surface area contributed by atoms with Crippen LogP contribution in [-0.4, -0.2) is 60.3 Å². The van der Waals surface area contributed by atoms with Crippen molar-refractivity contribution in [1.82, 2.24) is 9.80 Å². The Morgan fingerprint density at radius 3 is 2.35 bits per heavy atom. The molecule has 0 aromatic carbocycles. The number of likely N-dealkylation sites (tertiary alicyclic amines) is 1. The summed E-state index contributed by atoms with van der Waals surface area (Å²) in [5.41, 5.74) is 0.199. The molecule has 2 aliphatic rings. The van der Waals surface area contributed by atoms with E-state index in [-0.39, 0.29) is 5.41 Å². The summed E-state index contributed by atoms with van der Waals surface area (Å²) in [5, 5.41) is 9.92. The van der Waals surface area contributed by atoms with Crippen molar-refractivity contribution >= 4 is 0 Å². The van der Waals surface area contributed by atoms with E-state index in [0.29, 0.717) is 6.61 Å². The molecular formula is C17H34N2O. The maximum absolute atomic E-state index is 9.92. The highest BCUT2D eigenvalue weighted by Crippen LogP contribution is 2.39. The molecule has 0 aromatic rings. The first-order valence-corrected chi connectivity index (χ1v) is 8.69. The van der Waals surface area contributed by atoms with Gasteiger partial charge in [0.1, 0.15) is 0 Å². The Bertz CT molecular complexity index is 283. The van der Waals surface area contributed by atoms with Crippen LogP contribution in [0.4, 0.5) is 0 Å². The lowest BCUT2D eigenvalue weighted by atomic mass is 9.71. The summed E-state index contributed by atoms with van der Waals surface area (Å²) < 4.78 is 0. The summed E-state index contributed by atoms with van der Waals surface area (Å²) in [5.74, 6) is 0.858. The zero-order valence-corrected chi connectivity index (χ0v) is 13.8. The van der Waals surface area contributed by atoms with E-state index in [1.54, 1.807) is 0 Å². The minimum Gasteiger partial charge on any atom is -0.396 e. The summed E-state index contributed by atoms with van der Waals surface area (Å²) in [6, 6.07) is 0.739. The quantitative estimate of drug-likeness (QED) is 0.811. The molecule has 3 heteroatoms. The highest BCUT2D eigenvalue weighted by atomic mass is 16.3. The molecule has 118 valence electrons. The standard InChI is InChI=1S/C17H34N2O/c1-4-19(5-2)16-8-11-18(12-16)13-17(14-20)9-6-15(3)7-10-17/h15-16,20H,4-14H2,1-3H3. The Morgan fingerprint density at radius 1 is 1.15 bits per heavy atom. The lowest BCUT2D eigenvalue weighted by Crippen LogP contribution is -2.43. The number of nitrogens with zero attached hydrogens (tertiary/aromatic N) is 2. The van der Waals surface area contributed by atoms with Gasteiger partial charge in [-0.15, -0.1) is 0 Å². The molecule has 0 radical (unpaired) electrons. The van der Waals surface area contributed by atoms with Gasteiger partial charge >= 0.3 is 0 Å². The summed E-state index contributed by atoms with van der Waals surface area (Å²) in [4.78, 5) is 5.21. The minimum absolute atomic E-state index is 0.199. The first-order valence-electron chi connectivity index (χ1n) is 8.69. The van der Waals surface area contributed by atoms with E-state index >= 15 is 0 Å². The van der Waals surface area contributed by atoms with E-state index in [9.17, 15) is 5.11 Å².